The normalized spacial score (nSPS) is 37.5. The lowest BCUT2D eigenvalue weighted by atomic mass is 9.87. The summed E-state index contributed by atoms with van der Waals surface area (Å²) in [5.74, 6) is 0.888. The van der Waals surface area contributed by atoms with Crippen LogP contribution in [0.1, 0.15) is 32.6 Å². The van der Waals surface area contributed by atoms with E-state index in [1.54, 1.807) is 0 Å². The van der Waals surface area contributed by atoms with Gasteiger partial charge in [0.1, 0.15) is 0 Å². The molecule has 0 nitrogen and oxygen atoms in total. The van der Waals surface area contributed by atoms with Crippen molar-refractivity contribution in [1.29, 1.82) is 0 Å². The van der Waals surface area contributed by atoms with Gasteiger partial charge in [0, 0.05) is 9.17 Å². The Hall–Kier alpha value is 1.08. The zero-order valence-electron chi connectivity index (χ0n) is 6.39. The summed E-state index contributed by atoms with van der Waals surface area (Å²) in [5.41, 5.74) is 0. The van der Waals surface area contributed by atoms with Crippen molar-refractivity contribution in [2.45, 2.75) is 41.8 Å². The molecule has 1 fully saturated rings. The molecule has 10 heavy (non-hydrogen) atoms. The standard InChI is InChI=1S/C8H15IS/c1-6(10)7-3-2-4-8(9)5-7/h6-8,10H,2-5H2,1H3/t6-,7?,8+/m1/s1. The Morgan fingerprint density at radius 3 is 2.60 bits per heavy atom. The third-order valence-corrected chi connectivity index (χ3v) is 3.89. The quantitative estimate of drug-likeness (QED) is 0.422. The Kier molecular flexibility index (Phi) is 3.84. The van der Waals surface area contributed by atoms with Gasteiger partial charge in [-0.05, 0) is 25.2 Å². The molecule has 0 bridgehead atoms. The fourth-order valence-corrected chi connectivity index (χ4v) is 2.97. The minimum Gasteiger partial charge on any atom is -0.176 e. The average Bonchev–Trinajstić information content (AvgIpc) is 1.88. The van der Waals surface area contributed by atoms with Crippen LogP contribution in [0, 0.1) is 5.92 Å². The van der Waals surface area contributed by atoms with Gasteiger partial charge in [0.05, 0.1) is 0 Å². The van der Waals surface area contributed by atoms with Crippen LogP contribution in [-0.2, 0) is 0 Å². The highest BCUT2D eigenvalue weighted by Gasteiger charge is 2.22. The Morgan fingerprint density at radius 1 is 1.50 bits per heavy atom. The molecule has 1 rings (SSSR count). The molecule has 1 saturated carbocycles. The Morgan fingerprint density at radius 2 is 2.20 bits per heavy atom. The van der Waals surface area contributed by atoms with E-state index in [-0.39, 0.29) is 0 Å². The molecule has 0 aromatic heterocycles. The second kappa shape index (κ2) is 4.19. The molecule has 0 heterocycles. The lowest BCUT2D eigenvalue weighted by molar-refractivity contribution is 0.373. The van der Waals surface area contributed by atoms with Gasteiger partial charge in [-0.25, -0.2) is 0 Å². The zero-order valence-corrected chi connectivity index (χ0v) is 9.44. The van der Waals surface area contributed by atoms with Gasteiger partial charge in [-0.15, -0.1) is 0 Å². The molecule has 0 spiro atoms. The summed E-state index contributed by atoms with van der Waals surface area (Å²) in [4.78, 5) is 0. The van der Waals surface area contributed by atoms with E-state index in [9.17, 15) is 0 Å². The summed E-state index contributed by atoms with van der Waals surface area (Å²) in [6.45, 7) is 2.22. The van der Waals surface area contributed by atoms with Crippen LogP contribution in [-0.4, -0.2) is 9.17 Å². The number of hydrogen-bond acceptors (Lipinski definition) is 1. The third-order valence-electron chi connectivity index (χ3n) is 2.33. The Bertz CT molecular complexity index is 103. The maximum Gasteiger partial charge on any atom is 0.0113 e. The average molecular weight is 270 g/mol. The molecule has 3 atom stereocenters. The van der Waals surface area contributed by atoms with Gasteiger partial charge in [0.2, 0.25) is 0 Å². The number of rotatable bonds is 1. The molecule has 0 radical (unpaired) electrons. The molecule has 2 heteroatoms. The van der Waals surface area contributed by atoms with Crippen molar-refractivity contribution in [3.8, 4) is 0 Å². The van der Waals surface area contributed by atoms with Gasteiger partial charge in [0.15, 0.2) is 0 Å². The van der Waals surface area contributed by atoms with Crippen LogP contribution in [0.2, 0.25) is 0 Å². The Balaban J connectivity index is 2.32. The molecule has 0 N–H and O–H groups in total. The summed E-state index contributed by atoms with van der Waals surface area (Å²) in [6, 6.07) is 0. The fourth-order valence-electron chi connectivity index (χ4n) is 1.60. The molecule has 0 aromatic rings. The molecular weight excluding hydrogens is 255 g/mol. The summed E-state index contributed by atoms with van der Waals surface area (Å²) in [5, 5.41) is 0.609. The summed E-state index contributed by atoms with van der Waals surface area (Å²) in [7, 11) is 0. The minimum absolute atomic E-state index is 0.609. The first kappa shape index (κ1) is 9.17. The maximum atomic E-state index is 4.48. The predicted molar refractivity (Wildman–Crippen MR) is 58.2 cm³/mol. The van der Waals surface area contributed by atoms with Crippen molar-refractivity contribution in [3.63, 3.8) is 0 Å². The molecule has 0 amide bonds. The van der Waals surface area contributed by atoms with Crippen LogP contribution in [0.3, 0.4) is 0 Å². The topological polar surface area (TPSA) is 0 Å². The third kappa shape index (κ3) is 2.61. The van der Waals surface area contributed by atoms with E-state index in [4.69, 9.17) is 0 Å². The van der Waals surface area contributed by atoms with Crippen LogP contribution in [0.5, 0.6) is 0 Å². The van der Waals surface area contributed by atoms with E-state index in [0.717, 1.165) is 9.84 Å². The molecule has 60 valence electrons. The molecule has 0 saturated heterocycles. The predicted octanol–water partition coefficient (Wildman–Crippen LogP) is 3.30. The Labute approximate surface area is 82.7 Å². The van der Waals surface area contributed by atoms with Crippen molar-refractivity contribution in [2.24, 2.45) is 5.92 Å². The molecule has 0 aromatic carbocycles. The van der Waals surface area contributed by atoms with Crippen LogP contribution in [0.4, 0.5) is 0 Å². The highest BCUT2D eigenvalue weighted by atomic mass is 127. The van der Waals surface area contributed by atoms with E-state index in [1.165, 1.54) is 25.7 Å². The highest BCUT2D eigenvalue weighted by Crippen LogP contribution is 2.32. The lowest BCUT2D eigenvalue weighted by Gasteiger charge is -2.27. The first-order chi connectivity index (χ1) is 4.70. The summed E-state index contributed by atoms with van der Waals surface area (Å²) in [6.07, 6.45) is 5.65. The van der Waals surface area contributed by atoms with E-state index in [1.807, 2.05) is 0 Å². The van der Waals surface area contributed by atoms with Crippen molar-refractivity contribution in [3.05, 3.63) is 0 Å². The van der Waals surface area contributed by atoms with Crippen molar-refractivity contribution < 1.29 is 0 Å². The number of alkyl halides is 1. The minimum atomic E-state index is 0.609. The summed E-state index contributed by atoms with van der Waals surface area (Å²) < 4.78 is 0.922. The first-order valence-corrected chi connectivity index (χ1v) is 5.78. The molecule has 1 aliphatic carbocycles. The molecule has 1 aliphatic rings. The van der Waals surface area contributed by atoms with E-state index >= 15 is 0 Å². The van der Waals surface area contributed by atoms with Gasteiger partial charge >= 0.3 is 0 Å². The number of hydrogen-bond donors (Lipinski definition) is 1. The van der Waals surface area contributed by atoms with Gasteiger partial charge in [0.25, 0.3) is 0 Å². The SMILES string of the molecule is C[C@@H](S)C1CCC[C@H](I)C1. The van der Waals surface area contributed by atoms with E-state index in [2.05, 4.69) is 42.1 Å². The first-order valence-electron chi connectivity index (χ1n) is 4.02. The van der Waals surface area contributed by atoms with Gasteiger partial charge in [-0.1, -0.05) is 35.9 Å². The van der Waals surface area contributed by atoms with Crippen LogP contribution in [0.15, 0.2) is 0 Å². The monoisotopic (exact) mass is 270 g/mol. The van der Waals surface area contributed by atoms with E-state index < -0.39 is 0 Å². The molecule has 0 aliphatic heterocycles. The van der Waals surface area contributed by atoms with Crippen molar-refractivity contribution >= 4 is 35.2 Å². The van der Waals surface area contributed by atoms with Gasteiger partial charge < -0.3 is 0 Å². The number of halogens is 1. The molecule has 1 unspecified atom stereocenters. The van der Waals surface area contributed by atoms with Gasteiger partial charge in [-0.2, -0.15) is 12.6 Å². The lowest BCUT2D eigenvalue weighted by Crippen LogP contribution is -2.21. The van der Waals surface area contributed by atoms with Crippen LogP contribution < -0.4 is 0 Å². The van der Waals surface area contributed by atoms with Crippen LogP contribution >= 0.6 is 35.2 Å². The van der Waals surface area contributed by atoms with Crippen LogP contribution in [0.25, 0.3) is 0 Å². The van der Waals surface area contributed by atoms with Gasteiger partial charge in [-0.3, -0.25) is 0 Å². The largest absolute Gasteiger partial charge is 0.176 e. The second-order valence-corrected chi connectivity index (χ2v) is 5.84. The molecular formula is C8H15IS. The fraction of sp³-hybridized carbons (Fsp3) is 1.00. The zero-order chi connectivity index (χ0) is 7.56. The highest BCUT2D eigenvalue weighted by molar-refractivity contribution is 14.1. The van der Waals surface area contributed by atoms with Crippen molar-refractivity contribution in [2.75, 3.05) is 0 Å². The second-order valence-electron chi connectivity index (χ2n) is 3.26. The smallest absolute Gasteiger partial charge is 0.0113 e. The van der Waals surface area contributed by atoms with E-state index in [0.29, 0.717) is 5.25 Å². The van der Waals surface area contributed by atoms with Crippen molar-refractivity contribution in [1.82, 2.24) is 0 Å². The summed E-state index contributed by atoms with van der Waals surface area (Å²) >= 11 is 7.05. The number of thiol groups is 1. The maximum absolute atomic E-state index is 4.48.